The highest BCUT2D eigenvalue weighted by atomic mass is 127. The first-order valence-electron chi connectivity index (χ1n) is 3.65. The Morgan fingerprint density at radius 2 is 2.42 bits per heavy atom. The van der Waals surface area contributed by atoms with Gasteiger partial charge in [0.15, 0.2) is 0 Å². The maximum atomic E-state index is 5.90. The van der Waals surface area contributed by atoms with Crippen molar-refractivity contribution in [2.24, 2.45) is 5.73 Å². The van der Waals surface area contributed by atoms with Crippen molar-refractivity contribution in [3.63, 3.8) is 0 Å². The molecule has 0 spiro atoms. The van der Waals surface area contributed by atoms with E-state index in [1.807, 2.05) is 13.0 Å². The second-order valence-corrected chi connectivity index (χ2v) is 4.26. The predicted molar refractivity (Wildman–Crippen MR) is 59.3 cm³/mol. The van der Waals surface area contributed by atoms with Crippen LogP contribution in [0.2, 0.25) is 5.15 Å². The lowest BCUT2D eigenvalue weighted by atomic mass is 10.1. The van der Waals surface area contributed by atoms with Crippen molar-refractivity contribution in [2.45, 2.75) is 19.4 Å². The highest BCUT2D eigenvalue weighted by Gasteiger charge is 2.07. The maximum absolute atomic E-state index is 5.90. The standard InChI is InChI=1S/C8H10ClIN2/c1-5(11)4-6-7(10)2-3-12-8(6)9/h2-3,5H,4,11H2,1H3. The molecule has 0 aliphatic rings. The van der Waals surface area contributed by atoms with Crippen LogP contribution in [-0.4, -0.2) is 11.0 Å². The van der Waals surface area contributed by atoms with E-state index >= 15 is 0 Å². The molecular weight excluding hydrogens is 286 g/mol. The minimum absolute atomic E-state index is 0.125. The number of rotatable bonds is 2. The van der Waals surface area contributed by atoms with E-state index < -0.39 is 0 Å². The van der Waals surface area contributed by atoms with Crippen LogP contribution < -0.4 is 5.73 Å². The molecule has 0 bridgehead atoms. The minimum Gasteiger partial charge on any atom is -0.328 e. The molecule has 0 aliphatic carbocycles. The van der Waals surface area contributed by atoms with Crippen molar-refractivity contribution in [3.8, 4) is 0 Å². The Morgan fingerprint density at radius 1 is 1.75 bits per heavy atom. The van der Waals surface area contributed by atoms with Crippen LogP contribution >= 0.6 is 34.2 Å². The summed E-state index contributed by atoms with van der Waals surface area (Å²) in [6, 6.07) is 2.06. The minimum atomic E-state index is 0.125. The first-order valence-corrected chi connectivity index (χ1v) is 5.11. The molecule has 1 aromatic rings. The zero-order valence-corrected chi connectivity index (χ0v) is 9.63. The van der Waals surface area contributed by atoms with Crippen LogP contribution in [0.25, 0.3) is 0 Å². The second-order valence-electron chi connectivity index (χ2n) is 2.74. The molecule has 0 saturated heterocycles. The van der Waals surface area contributed by atoms with Crippen molar-refractivity contribution >= 4 is 34.2 Å². The molecule has 2 N–H and O–H groups in total. The quantitative estimate of drug-likeness (QED) is 0.671. The monoisotopic (exact) mass is 296 g/mol. The molecule has 0 saturated carbocycles. The van der Waals surface area contributed by atoms with Crippen LogP contribution in [0.15, 0.2) is 12.3 Å². The van der Waals surface area contributed by atoms with Crippen molar-refractivity contribution < 1.29 is 0 Å². The molecule has 0 radical (unpaired) electrons. The summed E-state index contributed by atoms with van der Waals surface area (Å²) in [5.41, 5.74) is 6.72. The van der Waals surface area contributed by atoms with Gasteiger partial charge in [-0.15, -0.1) is 0 Å². The highest BCUT2D eigenvalue weighted by molar-refractivity contribution is 14.1. The van der Waals surface area contributed by atoms with Crippen molar-refractivity contribution in [1.29, 1.82) is 0 Å². The van der Waals surface area contributed by atoms with E-state index in [1.54, 1.807) is 6.20 Å². The Morgan fingerprint density at radius 3 is 2.92 bits per heavy atom. The van der Waals surface area contributed by atoms with Gasteiger partial charge < -0.3 is 5.73 Å². The number of hydrogen-bond donors (Lipinski definition) is 1. The molecule has 0 fully saturated rings. The molecule has 0 aromatic carbocycles. The molecule has 12 heavy (non-hydrogen) atoms. The number of halogens is 2. The Balaban J connectivity index is 2.96. The lowest BCUT2D eigenvalue weighted by Gasteiger charge is -2.08. The highest BCUT2D eigenvalue weighted by Crippen LogP contribution is 2.20. The zero-order valence-electron chi connectivity index (χ0n) is 6.72. The fraction of sp³-hybridized carbons (Fsp3) is 0.375. The lowest BCUT2D eigenvalue weighted by Crippen LogP contribution is -2.18. The summed E-state index contributed by atoms with van der Waals surface area (Å²) in [6.07, 6.45) is 2.49. The number of aromatic nitrogens is 1. The average molecular weight is 297 g/mol. The van der Waals surface area contributed by atoms with Crippen molar-refractivity contribution in [2.75, 3.05) is 0 Å². The Kier molecular flexibility index (Phi) is 3.74. The Bertz CT molecular complexity index is 256. The van der Waals surface area contributed by atoms with Crippen LogP contribution in [0.5, 0.6) is 0 Å². The molecule has 4 heteroatoms. The number of hydrogen-bond acceptors (Lipinski definition) is 2. The summed E-state index contributed by atoms with van der Waals surface area (Å²) in [6.45, 7) is 1.96. The van der Waals surface area contributed by atoms with Gasteiger partial charge in [-0.2, -0.15) is 0 Å². The fourth-order valence-corrected chi connectivity index (χ4v) is 1.98. The third-order valence-corrected chi connectivity index (χ3v) is 2.81. The summed E-state index contributed by atoms with van der Waals surface area (Å²) in [5, 5.41) is 0.569. The van der Waals surface area contributed by atoms with Gasteiger partial charge in [-0.05, 0) is 42.0 Å². The van der Waals surface area contributed by atoms with Gasteiger partial charge in [-0.3, -0.25) is 0 Å². The predicted octanol–water partition coefficient (Wildman–Crippen LogP) is 2.23. The zero-order chi connectivity index (χ0) is 9.14. The van der Waals surface area contributed by atoms with E-state index in [2.05, 4.69) is 27.6 Å². The molecule has 66 valence electrons. The second kappa shape index (κ2) is 4.39. The van der Waals surface area contributed by atoms with Crippen LogP contribution in [0.1, 0.15) is 12.5 Å². The van der Waals surface area contributed by atoms with Crippen molar-refractivity contribution in [1.82, 2.24) is 4.98 Å². The number of nitrogens with zero attached hydrogens (tertiary/aromatic N) is 1. The number of pyridine rings is 1. The van der Waals surface area contributed by atoms with Crippen LogP contribution in [0.3, 0.4) is 0 Å². The SMILES string of the molecule is CC(N)Cc1c(I)ccnc1Cl. The van der Waals surface area contributed by atoms with E-state index in [-0.39, 0.29) is 6.04 Å². The summed E-state index contributed by atoms with van der Waals surface area (Å²) >= 11 is 8.14. The Labute approximate surface area is 90.7 Å². The molecule has 1 rings (SSSR count). The molecule has 0 aliphatic heterocycles. The van der Waals surface area contributed by atoms with Crippen LogP contribution in [-0.2, 0) is 6.42 Å². The van der Waals surface area contributed by atoms with Crippen LogP contribution in [0, 0.1) is 3.57 Å². The maximum Gasteiger partial charge on any atom is 0.133 e. The topological polar surface area (TPSA) is 38.9 Å². The molecule has 2 nitrogen and oxygen atoms in total. The van der Waals surface area contributed by atoms with Gasteiger partial charge in [0.25, 0.3) is 0 Å². The van der Waals surface area contributed by atoms with E-state index in [9.17, 15) is 0 Å². The smallest absolute Gasteiger partial charge is 0.133 e. The first kappa shape index (κ1) is 10.2. The third kappa shape index (κ3) is 2.57. The number of nitrogens with two attached hydrogens (primary N) is 1. The fourth-order valence-electron chi connectivity index (χ4n) is 0.949. The van der Waals surface area contributed by atoms with E-state index in [0.717, 1.165) is 15.6 Å². The van der Waals surface area contributed by atoms with E-state index in [4.69, 9.17) is 17.3 Å². The van der Waals surface area contributed by atoms with Crippen molar-refractivity contribution in [3.05, 3.63) is 26.5 Å². The van der Waals surface area contributed by atoms with Gasteiger partial charge in [0.2, 0.25) is 0 Å². The lowest BCUT2D eigenvalue weighted by molar-refractivity contribution is 0.733. The van der Waals surface area contributed by atoms with Gasteiger partial charge in [-0.1, -0.05) is 11.6 Å². The largest absolute Gasteiger partial charge is 0.328 e. The molecule has 1 unspecified atom stereocenters. The third-order valence-electron chi connectivity index (χ3n) is 1.47. The van der Waals surface area contributed by atoms with E-state index in [0.29, 0.717) is 5.15 Å². The molecule has 1 atom stereocenters. The molecule has 1 heterocycles. The average Bonchev–Trinajstić information content (AvgIpc) is 1.97. The van der Waals surface area contributed by atoms with E-state index in [1.165, 1.54) is 0 Å². The Hall–Kier alpha value is 0.130. The van der Waals surface area contributed by atoms with Gasteiger partial charge in [0, 0.05) is 21.4 Å². The summed E-state index contributed by atoms with van der Waals surface area (Å²) in [4.78, 5) is 4.00. The van der Waals surface area contributed by atoms with Crippen LogP contribution in [0.4, 0.5) is 0 Å². The summed E-state index contributed by atoms with van der Waals surface area (Å²) in [7, 11) is 0. The van der Waals surface area contributed by atoms with Gasteiger partial charge in [0.1, 0.15) is 5.15 Å². The molecule has 1 aromatic heterocycles. The normalized spacial score (nSPS) is 13.0. The van der Waals surface area contributed by atoms with Gasteiger partial charge >= 0.3 is 0 Å². The molecule has 0 amide bonds. The van der Waals surface area contributed by atoms with Gasteiger partial charge in [-0.25, -0.2) is 4.98 Å². The first-order chi connectivity index (χ1) is 5.61. The summed E-state index contributed by atoms with van der Waals surface area (Å²) in [5.74, 6) is 0. The summed E-state index contributed by atoms with van der Waals surface area (Å²) < 4.78 is 1.13. The molecular formula is C8H10ClIN2. The van der Waals surface area contributed by atoms with Gasteiger partial charge in [0.05, 0.1) is 0 Å².